The van der Waals surface area contributed by atoms with Crippen molar-refractivity contribution in [1.29, 1.82) is 0 Å². The van der Waals surface area contributed by atoms with Crippen LogP contribution in [0.2, 0.25) is 0 Å². The van der Waals surface area contributed by atoms with Gasteiger partial charge in [0.2, 0.25) is 5.91 Å². The fraction of sp³-hybridized carbons (Fsp3) is 0.869. The quantitative estimate of drug-likeness (QED) is 0.0321. The van der Waals surface area contributed by atoms with E-state index in [9.17, 15) is 19.8 Å². The summed E-state index contributed by atoms with van der Waals surface area (Å²) in [6.07, 6.45) is 70.4. The van der Waals surface area contributed by atoms with Gasteiger partial charge in [-0.2, -0.15) is 0 Å². The minimum Gasteiger partial charge on any atom is -0.466 e. The van der Waals surface area contributed by atoms with Gasteiger partial charge in [0.15, 0.2) is 0 Å². The zero-order chi connectivity index (χ0) is 48.6. The van der Waals surface area contributed by atoms with Crippen LogP contribution in [0.1, 0.15) is 316 Å². The van der Waals surface area contributed by atoms with Crippen molar-refractivity contribution in [3.05, 3.63) is 36.5 Å². The van der Waals surface area contributed by atoms with Gasteiger partial charge in [0.05, 0.1) is 25.4 Å². The number of carbonyl (C=O) groups excluding carboxylic acids is 2. The number of hydrogen-bond donors (Lipinski definition) is 3. The van der Waals surface area contributed by atoms with Crippen LogP contribution in [0.15, 0.2) is 36.5 Å². The molecule has 0 aromatic carbocycles. The van der Waals surface area contributed by atoms with Crippen LogP contribution in [0, 0.1) is 0 Å². The Balaban J connectivity index is 3.38. The summed E-state index contributed by atoms with van der Waals surface area (Å²) in [7, 11) is 0. The predicted octanol–water partition coefficient (Wildman–Crippen LogP) is 18.4. The molecule has 2 atom stereocenters. The van der Waals surface area contributed by atoms with Crippen molar-refractivity contribution >= 4 is 11.9 Å². The number of ether oxygens (including phenoxy) is 1. The Labute approximate surface area is 417 Å². The van der Waals surface area contributed by atoms with Crippen molar-refractivity contribution in [2.24, 2.45) is 0 Å². The minimum atomic E-state index is -0.842. The Morgan fingerprint density at radius 3 is 1.18 bits per heavy atom. The zero-order valence-corrected chi connectivity index (χ0v) is 44.9. The largest absolute Gasteiger partial charge is 0.466 e. The normalized spacial score (nSPS) is 12.8. The van der Waals surface area contributed by atoms with E-state index < -0.39 is 12.1 Å². The molecule has 0 saturated heterocycles. The number of nitrogens with one attached hydrogen (secondary N) is 1. The van der Waals surface area contributed by atoms with Gasteiger partial charge in [0.1, 0.15) is 0 Å². The van der Waals surface area contributed by atoms with Crippen LogP contribution < -0.4 is 5.32 Å². The van der Waals surface area contributed by atoms with E-state index in [-0.39, 0.29) is 18.5 Å². The average Bonchev–Trinajstić information content (AvgIpc) is 3.33. The third-order valence-electron chi connectivity index (χ3n) is 13.7. The number of rotatable bonds is 55. The lowest BCUT2D eigenvalue weighted by atomic mass is 10.0. The molecule has 3 N–H and O–H groups in total. The maximum Gasteiger partial charge on any atom is 0.305 e. The van der Waals surface area contributed by atoms with Crippen LogP contribution in [0.5, 0.6) is 0 Å². The molecule has 0 spiro atoms. The summed E-state index contributed by atoms with van der Waals surface area (Å²) in [6, 6.07) is -0.626. The van der Waals surface area contributed by atoms with E-state index in [1.807, 2.05) is 6.08 Å². The number of aliphatic hydroxyl groups is 2. The topological polar surface area (TPSA) is 95.9 Å². The molecule has 1 amide bonds. The predicted molar refractivity (Wildman–Crippen MR) is 292 cm³/mol. The lowest BCUT2D eigenvalue weighted by Crippen LogP contribution is -2.45. The molecular weight excluding hydrogens is 827 g/mol. The number of amides is 1. The first-order valence-corrected chi connectivity index (χ1v) is 29.8. The first-order chi connectivity index (χ1) is 33.0. The van der Waals surface area contributed by atoms with Gasteiger partial charge in [-0.25, -0.2) is 0 Å². The van der Waals surface area contributed by atoms with Crippen LogP contribution in [-0.4, -0.2) is 47.4 Å². The average molecular weight is 943 g/mol. The maximum atomic E-state index is 12.4. The van der Waals surface area contributed by atoms with Crippen molar-refractivity contribution < 1.29 is 24.5 Å². The van der Waals surface area contributed by atoms with E-state index in [0.717, 1.165) is 51.4 Å². The maximum absolute atomic E-state index is 12.4. The molecule has 0 fully saturated rings. The molecule has 0 heterocycles. The molecule has 0 radical (unpaired) electrons. The van der Waals surface area contributed by atoms with Crippen molar-refractivity contribution in [3.63, 3.8) is 0 Å². The smallest absolute Gasteiger partial charge is 0.305 e. The van der Waals surface area contributed by atoms with Crippen LogP contribution in [0.4, 0.5) is 0 Å². The molecule has 0 saturated carbocycles. The molecular formula is C61H115NO5. The summed E-state index contributed by atoms with van der Waals surface area (Å²) in [5.74, 6) is -0.0673. The highest BCUT2D eigenvalue weighted by Gasteiger charge is 2.18. The highest BCUT2D eigenvalue weighted by Crippen LogP contribution is 2.17. The van der Waals surface area contributed by atoms with E-state index in [4.69, 9.17) is 4.74 Å². The van der Waals surface area contributed by atoms with Crippen molar-refractivity contribution in [2.45, 2.75) is 328 Å². The molecule has 6 heteroatoms. The van der Waals surface area contributed by atoms with Gasteiger partial charge in [-0.1, -0.05) is 281 Å². The SMILES string of the molecule is CCCC/C=C\C/C=C\CCCCCCCC(=O)OCCCCCCCCCCCCCCCCCCCCCCCCCCC(=O)NC(CO)C(O)/C=C/CCCCCCCCCCCC. The van der Waals surface area contributed by atoms with Gasteiger partial charge in [-0.15, -0.1) is 0 Å². The van der Waals surface area contributed by atoms with E-state index in [1.54, 1.807) is 6.08 Å². The molecule has 0 aromatic rings. The molecule has 6 nitrogen and oxygen atoms in total. The number of unbranched alkanes of at least 4 members (excludes halogenated alkanes) is 40. The van der Waals surface area contributed by atoms with Crippen molar-refractivity contribution in [3.8, 4) is 0 Å². The van der Waals surface area contributed by atoms with Gasteiger partial charge in [0.25, 0.3) is 0 Å². The molecule has 0 bridgehead atoms. The fourth-order valence-corrected chi connectivity index (χ4v) is 9.06. The Morgan fingerprint density at radius 1 is 0.418 bits per heavy atom. The second-order valence-corrected chi connectivity index (χ2v) is 20.3. The summed E-state index contributed by atoms with van der Waals surface area (Å²) >= 11 is 0. The second-order valence-electron chi connectivity index (χ2n) is 20.3. The first-order valence-electron chi connectivity index (χ1n) is 29.8. The van der Waals surface area contributed by atoms with E-state index in [1.165, 1.54) is 238 Å². The van der Waals surface area contributed by atoms with E-state index in [2.05, 4.69) is 43.5 Å². The number of esters is 1. The molecule has 2 unspecified atom stereocenters. The summed E-state index contributed by atoms with van der Waals surface area (Å²) in [5.41, 5.74) is 0. The monoisotopic (exact) mass is 942 g/mol. The summed E-state index contributed by atoms with van der Waals surface area (Å²) in [5, 5.41) is 23.0. The first kappa shape index (κ1) is 65.1. The summed E-state index contributed by atoms with van der Waals surface area (Å²) < 4.78 is 5.47. The Bertz CT molecular complexity index is 1090. The number of carbonyl (C=O) groups is 2. The summed E-state index contributed by atoms with van der Waals surface area (Å²) in [4.78, 5) is 24.5. The Morgan fingerprint density at radius 2 is 0.761 bits per heavy atom. The number of allylic oxidation sites excluding steroid dienone is 5. The fourth-order valence-electron chi connectivity index (χ4n) is 9.06. The second kappa shape index (κ2) is 56.7. The van der Waals surface area contributed by atoms with Crippen LogP contribution in [0.3, 0.4) is 0 Å². The summed E-state index contributed by atoms with van der Waals surface area (Å²) in [6.45, 7) is 4.86. The van der Waals surface area contributed by atoms with Crippen molar-refractivity contribution in [2.75, 3.05) is 13.2 Å². The van der Waals surface area contributed by atoms with E-state index >= 15 is 0 Å². The molecule has 0 aliphatic heterocycles. The van der Waals surface area contributed by atoms with Crippen LogP contribution in [-0.2, 0) is 14.3 Å². The standard InChI is InChI=1S/C61H115NO5/c1-3-5-7-9-11-13-15-17-31-35-39-43-47-51-55-61(66)67-56-52-48-44-40-36-32-29-27-25-23-21-19-18-20-22-24-26-28-30-34-38-42-46-50-54-60(65)62-58(57-63)59(64)53-49-45-41-37-33-16-14-12-10-8-6-4-2/h9,11,15,17,49,53,58-59,63-64H,3-8,10,12-14,16,18-48,50-52,54-57H2,1-2H3,(H,62,65)/b11-9-,17-15-,53-49+. The lowest BCUT2D eigenvalue weighted by Gasteiger charge is -2.20. The minimum absolute atomic E-state index is 0.0000497. The van der Waals surface area contributed by atoms with Gasteiger partial charge in [-0.3, -0.25) is 9.59 Å². The highest BCUT2D eigenvalue weighted by atomic mass is 16.5. The third-order valence-corrected chi connectivity index (χ3v) is 13.7. The third kappa shape index (κ3) is 53.3. The molecule has 67 heavy (non-hydrogen) atoms. The zero-order valence-electron chi connectivity index (χ0n) is 44.9. The van der Waals surface area contributed by atoms with Crippen LogP contribution >= 0.6 is 0 Å². The Hall–Kier alpha value is -1.92. The highest BCUT2D eigenvalue weighted by molar-refractivity contribution is 5.76. The van der Waals surface area contributed by atoms with Gasteiger partial charge in [0, 0.05) is 12.8 Å². The van der Waals surface area contributed by atoms with Gasteiger partial charge >= 0.3 is 5.97 Å². The molecule has 0 aliphatic carbocycles. The molecule has 0 aromatic heterocycles. The van der Waals surface area contributed by atoms with E-state index in [0.29, 0.717) is 19.4 Å². The number of hydrogen-bond acceptors (Lipinski definition) is 5. The molecule has 394 valence electrons. The lowest BCUT2D eigenvalue weighted by molar-refractivity contribution is -0.143. The van der Waals surface area contributed by atoms with Crippen molar-refractivity contribution in [1.82, 2.24) is 5.32 Å². The number of aliphatic hydroxyl groups excluding tert-OH is 2. The van der Waals surface area contributed by atoms with Gasteiger partial charge in [-0.05, 0) is 57.8 Å². The van der Waals surface area contributed by atoms with Crippen LogP contribution in [0.25, 0.3) is 0 Å². The van der Waals surface area contributed by atoms with Gasteiger partial charge < -0.3 is 20.3 Å². The Kier molecular flexibility index (Phi) is 55.0. The molecule has 0 aliphatic rings. The molecule has 0 rings (SSSR count).